The maximum absolute atomic E-state index is 12.7. The van der Waals surface area contributed by atoms with Crippen molar-refractivity contribution >= 4 is 51.4 Å². The predicted molar refractivity (Wildman–Crippen MR) is 130 cm³/mol. The van der Waals surface area contributed by atoms with Crippen molar-refractivity contribution in [1.82, 2.24) is 15.5 Å². The third-order valence-electron chi connectivity index (χ3n) is 5.17. The summed E-state index contributed by atoms with van der Waals surface area (Å²) in [7, 11) is 0. The molecule has 0 aliphatic heterocycles. The van der Waals surface area contributed by atoms with E-state index in [0.29, 0.717) is 20.7 Å². The van der Waals surface area contributed by atoms with Crippen LogP contribution in [-0.2, 0) is 4.79 Å². The van der Waals surface area contributed by atoms with Gasteiger partial charge in [-0.3, -0.25) is 9.59 Å². The molecular weight excluding hydrogens is 442 g/mol. The molecule has 0 saturated heterocycles. The Morgan fingerprint density at radius 1 is 1.06 bits per heavy atom. The highest BCUT2D eigenvalue weighted by Crippen LogP contribution is 2.28. The number of hydrogen-bond donors (Lipinski definition) is 3. The van der Waals surface area contributed by atoms with E-state index in [4.69, 9.17) is 0 Å². The summed E-state index contributed by atoms with van der Waals surface area (Å²) in [5.74, 6) is -0.159. The topological polar surface area (TPSA) is 96.0 Å². The zero-order chi connectivity index (χ0) is 22.3. The number of para-hydroxylation sites is 1. The lowest BCUT2D eigenvalue weighted by molar-refractivity contribution is -0.113. The molecular formula is C23H25N5O2S2. The fourth-order valence-electron chi connectivity index (χ4n) is 3.52. The maximum atomic E-state index is 12.7. The van der Waals surface area contributed by atoms with Crippen LogP contribution in [0.1, 0.15) is 41.6 Å². The Hall–Kier alpha value is -2.91. The van der Waals surface area contributed by atoms with Crippen molar-refractivity contribution in [3.63, 3.8) is 0 Å². The molecule has 1 saturated carbocycles. The fraction of sp³-hybridized carbons (Fsp3) is 0.304. The van der Waals surface area contributed by atoms with Crippen molar-refractivity contribution in [3.05, 3.63) is 59.7 Å². The molecule has 1 aliphatic carbocycles. The fourth-order valence-corrected chi connectivity index (χ4v) is 5.09. The van der Waals surface area contributed by atoms with Gasteiger partial charge in [-0.2, -0.15) is 0 Å². The number of benzene rings is 2. The Kier molecular flexibility index (Phi) is 7.39. The van der Waals surface area contributed by atoms with Crippen LogP contribution in [0.5, 0.6) is 0 Å². The summed E-state index contributed by atoms with van der Waals surface area (Å²) in [6.45, 7) is 2.04. The van der Waals surface area contributed by atoms with Crippen LogP contribution in [0.4, 0.5) is 16.5 Å². The van der Waals surface area contributed by atoms with E-state index < -0.39 is 0 Å². The molecule has 1 aliphatic rings. The third-order valence-corrected chi connectivity index (χ3v) is 7.14. The number of amides is 2. The van der Waals surface area contributed by atoms with Gasteiger partial charge in [0.05, 0.1) is 17.0 Å². The van der Waals surface area contributed by atoms with Crippen molar-refractivity contribution < 1.29 is 9.59 Å². The van der Waals surface area contributed by atoms with Gasteiger partial charge in [-0.05, 0) is 44.0 Å². The number of nitrogens with one attached hydrogen (secondary N) is 3. The average Bonchev–Trinajstić information content (AvgIpc) is 3.46. The number of anilines is 3. The van der Waals surface area contributed by atoms with Crippen LogP contribution in [-0.4, -0.2) is 33.8 Å². The average molecular weight is 468 g/mol. The van der Waals surface area contributed by atoms with Gasteiger partial charge in [0.1, 0.15) is 0 Å². The Labute approximate surface area is 195 Å². The smallest absolute Gasteiger partial charge is 0.253 e. The second kappa shape index (κ2) is 10.6. The molecule has 3 aromatic rings. The number of thioether (sulfide) groups is 1. The number of hydrogen-bond acceptors (Lipinski definition) is 7. The van der Waals surface area contributed by atoms with Crippen molar-refractivity contribution in [2.24, 2.45) is 0 Å². The highest BCUT2D eigenvalue weighted by Gasteiger charge is 2.20. The standard InChI is InChI=1S/C23H25N5O2S2/c1-15-10-12-17(13-11-15)25-22-27-28-23(32-22)31-14-20(29)26-19-9-5-4-8-18(19)21(30)24-16-6-2-3-7-16/h4-5,8-13,16H,2-3,6-7,14H2,1H3,(H,24,30)(H,25,27)(H,26,29). The van der Waals surface area contributed by atoms with Gasteiger partial charge < -0.3 is 16.0 Å². The largest absolute Gasteiger partial charge is 0.349 e. The molecule has 7 nitrogen and oxygen atoms in total. The number of carbonyl (C=O) groups is 2. The van der Waals surface area contributed by atoms with E-state index in [2.05, 4.69) is 26.1 Å². The molecule has 9 heteroatoms. The molecule has 0 bridgehead atoms. The first kappa shape index (κ1) is 22.3. The lowest BCUT2D eigenvalue weighted by Crippen LogP contribution is -2.33. The lowest BCUT2D eigenvalue weighted by atomic mass is 10.1. The van der Waals surface area contributed by atoms with Crippen LogP contribution in [0.15, 0.2) is 52.9 Å². The van der Waals surface area contributed by atoms with Gasteiger partial charge in [0.15, 0.2) is 4.34 Å². The minimum Gasteiger partial charge on any atom is -0.349 e. The van der Waals surface area contributed by atoms with E-state index in [9.17, 15) is 9.59 Å². The maximum Gasteiger partial charge on any atom is 0.253 e. The van der Waals surface area contributed by atoms with Gasteiger partial charge in [0.2, 0.25) is 11.0 Å². The van der Waals surface area contributed by atoms with E-state index in [0.717, 1.165) is 31.4 Å². The van der Waals surface area contributed by atoms with E-state index in [1.54, 1.807) is 18.2 Å². The summed E-state index contributed by atoms with van der Waals surface area (Å²) >= 11 is 2.71. The lowest BCUT2D eigenvalue weighted by Gasteiger charge is -2.14. The summed E-state index contributed by atoms with van der Waals surface area (Å²) < 4.78 is 0.696. The molecule has 2 aromatic carbocycles. The Balaban J connectivity index is 1.30. The first-order chi connectivity index (χ1) is 15.6. The van der Waals surface area contributed by atoms with E-state index in [1.165, 1.54) is 28.7 Å². The Morgan fingerprint density at radius 2 is 1.81 bits per heavy atom. The number of nitrogens with zero attached hydrogens (tertiary/aromatic N) is 2. The highest BCUT2D eigenvalue weighted by atomic mass is 32.2. The first-order valence-corrected chi connectivity index (χ1v) is 12.4. The van der Waals surface area contributed by atoms with Crippen LogP contribution in [0.3, 0.4) is 0 Å². The summed E-state index contributed by atoms with van der Waals surface area (Å²) in [5, 5.41) is 18.1. The van der Waals surface area contributed by atoms with Gasteiger partial charge in [0.25, 0.3) is 5.91 Å². The van der Waals surface area contributed by atoms with Crippen molar-refractivity contribution in [2.45, 2.75) is 43.0 Å². The molecule has 0 atom stereocenters. The van der Waals surface area contributed by atoms with Crippen molar-refractivity contribution in [3.8, 4) is 0 Å². The van der Waals surface area contributed by atoms with Crippen molar-refractivity contribution in [1.29, 1.82) is 0 Å². The molecule has 166 valence electrons. The number of rotatable bonds is 8. The zero-order valence-corrected chi connectivity index (χ0v) is 19.4. The van der Waals surface area contributed by atoms with E-state index in [-0.39, 0.29) is 23.6 Å². The van der Waals surface area contributed by atoms with Gasteiger partial charge in [-0.25, -0.2) is 0 Å². The first-order valence-electron chi connectivity index (χ1n) is 10.6. The minimum absolute atomic E-state index is 0.142. The normalized spacial score (nSPS) is 13.7. The monoisotopic (exact) mass is 467 g/mol. The predicted octanol–water partition coefficient (Wildman–Crippen LogP) is 4.99. The van der Waals surface area contributed by atoms with Crippen LogP contribution in [0.2, 0.25) is 0 Å². The van der Waals surface area contributed by atoms with Crippen LogP contribution in [0.25, 0.3) is 0 Å². The van der Waals surface area contributed by atoms with Gasteiger partial charge >= 0.3 is 0 Å². The van der Waals surface area contributed by atoms with Gasteiger partial charge in [0, 0.05) is 11.7 Å². The minimum atomic E-state index is -0.195. The van der Waals surface area contributed by atoms with Crippen LogP contribution >= 0.6 is 23.1 Å². The molecule has 0 unspecified atom stereocenters. The Morgan fingerprint density at radius 3 is 2.59 bits per heavy atom. The van der Waals surface area contributed by atoms with Gasteiger partial charge in [-0.1, -0.05) is 65.8 Å². The summed E-state index contributed by atoms with van der Waals surface area (Å²) in [6.07, 6.45) is 4.32. The molecule has 32 heavy (non-hydrogen) atoms. The zero-order valence-electron chi connectivity index (χ0n) is 17.8. The molecule has 0 radical (unpaired) electrons. The molecule has 1 aromatic heterocycles. The number of aromatic nitrogens is 2. The van der Waals surface area contributed by atoms with E-state index in [1.807, 2.05) is 37.3 Å². The summed E-state index contributed by atoms with van der Waals surface area (Å²) in [4.78, 5) is 25.2. The quantitative estimate of drug-likeness (QED) is 0.404. The molecule has 0 spiro atoms. The highest BCUT2D eigenvalue weighted by molar-refractivity contribution is 8.01. The molecule has 1 fully saturated rings. The van der Waals surface area contributed by atoms with Gasteiger partial charge in [-0.15, -0.1) is 10.2 Å². The number of carbonyl (C=O) groups excluding carboxylic acids is 2. The second-order valence-electron chi connectivity index (χ2n) is 7.70. The van der Waals surface area contributed by atoms with Crippen LogP contribution < -0.4 is 16.0 Å². The summed E-state index contributed by atoms with van der Waals surface area (Å²) in [6, 6.07) is 15.3. The SMILES string of the molecule is Cc1ccc(Nc2nnc(SCC(=O)Nc3ccccc3C(=O)NC3CCCC3)s2)cc1. The molecule has 2 amide bonds. The second-order valence-corrected chi connectivity index (χ2v) is 9.90. The molecule has 1 heterocycles. The number of aryl methyl sites for hydroxylation is 1. The molecule has 3 N–H and O–H groups in total. The van der Waals surface area contributed by atoms with Crippen LogP contribution in [0, 0.1) is 6.92 Å². The summed E-state index contributed by atoms with van der Waals surface area (Å²) in [5.41, 5.74) is 3.13. The Bertz CT molecular complexity index is 1080. The van der Waals surface area contributed by atoms with E-state index >= 15 is 0 Å². The van der Waals surface area contributed by atoms with Crippen molar-refractivity contribution in [2.75, 3.05) is 16.4 Å². The molecule has 4 rings (SSSR count). The third kappa shape index (κ3) is 6.08.